The average molecular weight is 486 g/mol. The van der Waals surface area contributed by atoms with Crippen molar-refractivity contribution < 1.29 is 31.1 Å². The summed E-state index contributed by atoms with van der Waals surface area (Å²) in [5.41, 5.74) is 0.617. The molecule has 0 saturated carbocycles. The molecular formula is C22H26F3N3O4S. The zero-order chi connectivity index (χ0) is 23.9. The predicted octanol–water partition coefficient (Wildman–Crippen LogP) is 2.99. The van der Waals surface area contributed by atoms with Crippen LogP contribution in [0.3, 0.4) is 0 Å². The maximum atomic E-state index is 13.0. The van der Waals surface area contributed by atoms with E-state index in [9.17, 15) is 26.4 Å². The van der Waals surface area contributed by atoms with Gasteiger partial charge < -0.3 is 10.1 Å². The van der Waals surface area contributed by atoms with Crippen molar-refractivity contribution in [3.05, 3.63) is 60.2 Å². The number of benzene rings is 2. The number of ether oxygens (including phenoxy) is 1. The van der Waals surface area contributed by atoms with Gasteiger partial charge in [-0.15, -0.1) is 13.2 Å². The zero-order valence-corrected chi connectivity index (χ0v) is 18.7. The van der Waals surface area contributed by atoms with Crippen molar-refractivity contribution in [1.82, 2.24) is 14.5 Å². The number of hydrogen-bond acceptors (Lipinski definition) is 5. The van der Waals surface area contributed by atoms with Crippen molar-refractivity contribution in [3.63, 3.8) is 0 Å². The van der Waals surface area contributed by atoms with Gasteiger partial charge in [0, 0.05) is 39.1 Å². The van der Waals surface area contributed by atoms with Crippen molar-refractivity contribution in [1.29, 1.82) is 0 Å². The Morgan fingerprint density at radius 1 is 0.970 bits per heavy atom. The third-order valence-electron chi connectivity index (χ3n) is 5.14. The molecule has 0 bridgehead atoms. The van der Waals surface area contributed by atoms with Gasteiger partial charge in [0.05, 0.1) is 4.90 Å². The van der Waals surface area contributed by atoms with E-state index in [4.69, 9.17) is 0 Å². The second-order valence-electron chi connectivity index (χ2n) is 7.64. The first-order valence-electron chi connectivity index (χ1n) is 10.5. The fourth-order valence-electron chi connectivity index (χ4n) is 3.60. The van der Waals surface area contributed by atoms with Gasteiger partial charge >= 0.3 is 6.36 Å². The first kappa shape index (κ1) is 25.0. The van der Waals surface area contributed by atoms with Crippen LogP contribution in [0.5, 0.6) is 5.75 Å². The molecule has 0 atom stereocenters. The zero-order valence-electron chi connectivity index (χ0n) is 17.9. The minimum Gasteiger partial charge on any atom is -0.406 e. The lowest BCUT2D eigenvalue weighted by Gasteiger charge is -2.24. The van der Waals surface area contributed by atoms with Gasteiger partial charge in [-0.25, -0.2) is 8.42 Å². The molecule has 7 nitrogen and oxygen atoms in total. The number of amides is 1. The molecule has 1 aliphatic heterocycles. The summed E-state index contributed by atoms with van der Waals surface area (Å²) in [5, 5.41) is 2.77. The second kappa shape index (κ2) is 11.0. The monoisotopic (exact) mass is 485 g/mol. The molecule has 11 heteroatoms. The molecule has 33 heavy (non-hydrogen) atoms. The van der Waals surface area contributed by atoms with Crippen molar-refractivity contribution in [2.24, 2.45) is 0 Å². The van der Waals surface area contributed by atoms with Crippen molar-refractivity contribution in [3.8, 4) is 5.75 Å². The van der Waals surface area contributed by atoms with Gasteiger partial charge in [-0.2, -0.15) is 4.31 Å². The van der Waals surface area contributed by atoms with Crippen LogP contribution in [0, 0.1) is 0 Å². The van der Waals surface area contributed by atoms with E-state index in [0.29, 0.717) is 38.2 Å². The Hall–Kier alpha value is -2.63. The van der Waals surface area contributed by atoms with E-state index in [0.717, 1.165) is 0 Å². The Morgan fingerprint density at radius 2 is 1.73 bits per heavy atom. The first-order chi connectivity index (χ1) is 15.6. The van der Waals surface area contributed by atoms with Crippen molar-refractivity contribution in [2.75, 3.05) is 32.7 Å². The summed E-state index contributed by atoms with van der Waals surface area (Å²) in [7, 11) is -3.75. The summed E-state index contributed by atoms with van der Waals surface area (Å²) in [6.45, 7) is 1.94. The molecule has 0 radical (unpaired) electrons. The minimum absolute atomic E-state index is 0.0445. The molecule has 0 aromatic heterocycles. The Labute approximate surface area is 191 Å². The smallest absolute Gasteiger partial charge is 0.406 e. The molecule has 1 N–H and O–H groups in total. The highest BCUT2D eigenvalue weighted by Gasteiger charge is 2.31. The van der Waals surface area contributed by atoms with Gasteiger partial charge in [-0.05, 0) is 42.8 Å². The quantitative estimate of drug-likeness (QED) is 0.705. The van der Waals surface area contributed by atoms with Crippen LogP contribution in [0.2, 0.25) is 0 Å². The molecule has 1 aliphatic rings. The summed E-state index contributed by atoms with van der Waals surface area (Å²) in [4.78, 5) is 14.3. The number of nitrogens with one attached hydrogen (secondary N) is 1. The molecule has 3 rings (SSSR count). The number of rotatable bonds is 5. The van der Waals surface area contributed by atoms with E-state index in [1.807, 2.05) is 4.90 Å². The highest BCUT2D eigenvalue weighted by molar-refractivity contribution is 7.89. The van der Waals surface area contributed by atoms with Crippen LogP contribution in [0.25, 0.3) is 0 Å². The van der Waals surface area contributed by atoms with Gasteiger partial charge in [0.2, 0.25) is 15.9 Å². The van der Waals surface area contributed by atoms with E-state index < -0.39 is 16.4 Å². The average Bonchev–Trinajstić information content (AvgIpc) is 2.79. The van der Waals surface area contributed by atoms with Crippen molar-refractivity contribution in [2.45, 2.75) is 30.6 Å². The highest BCUT2D eigenvalue weighted by Crippen LogP contribution is 2.24. The number of halogens is 3. The Kier molecular flexibility index (Phi) is 8.33. The summed E-state index contributed by atoms with van der Waals surface area (Å²) in [6.07, 6.45) is -4.23. The van der Waals surface area contributed by atoms with E-state index in [1.165, 1.54) is 34.6 Å². The summed E-state index contributed by atoms with van der Waals surface area (Å²) >= 11 is 0. The summed E-state index contributed by atoms with van der Waals surface area (Å²) < 4.78 is 68.9. The molecule has 1 amide bonds. The molecule has 2 aromatic rings. The molecule has 180 valence electrons. The first-order valence-corrected chi connectivity index (χ1v) is 12.0. The Balaban J connectivity index is 1.71. The van der Waals surface area contributed by atoms with Crippen molar-refractivity contribution >= 4 is 15.9 Å². The molecule has 2 aromatic carbocycles. The summed E-state index contributed by atoms with van der Waals surface area (Å²) in [6, 6.07) is 13.8. The highest BCUT2D eigenvalue weighted by atomic mass is 32.2. The van der Waals surface area contributed by atoms with Crippen LogP contribution < -0.4 is 10.1 Å². The fraction of sp³-hybridized carbons (Fsp3) is 0.409. The van der Waals surface area contributed by atoms with Crippen LogP contribution in [-0.4, -0.2) is 62.6 Å². The van der Waals surface area contributed by atoms with E-state index >= 15 is 0 Å². The van der Waals surface area contributed by atoms with Gasteiger partial charge in [0.1, 0.15) is 5.75 Å². The Morgan fingerprint density at radius 3 is 2.45 bits per heavy atom. The second-order valence-corrected chi connectivity index (χ2v) is 9.58. The van der Waals surface area contributed by atoms with Crippen LogP contribution >= 0.6 is 0 Å². The summed E-state index contributed by atoms with van der Waals surface area (Å²) in [5.74, 6) is -0.558. The lowest BCUT2D eigenvalue weighted by atomic mass is 10.2. The molecular weight excluding hydrogens is 459 g/mol. The number of sulfonamides is 1. The topological polar surface area (TPSA) is 79.0 Å². The minimum atomic E-state index is -4.77. The maximum Gasteiger partial charge on any atom is 0.573 e. The number of nitrogens with zero attached hydrogens (tertiary/aromatic N) is 2. The fourth-order valence-corrected chi connectivity index (χ4v) is 5.10. The third kappa shape index (κ3) is 7.72. The lowest BCUT2D eigenvalue weighted by Crippen LogP contribution is -2.36. The molecule has 0 spiro atoms. The van der Waals surface area contributed by atoms with E-state index in [2.05, 4.69) is 10.1 Å². The lowest BCUT2D eigenvalue weighted by molar-refractivity contribution is -0.274. The molecule has 1 saturated heterocycles. The van der Waals surface area contributed by atoms with Crippen LogP contribution in [0.4, 0.5) is 13.2 Å². The van der Waals surface area contributed by atoms with Gasteiger partial charge in [0.25, 0.3) is 0 Å². The van der Waals surface area contributed by atoms with Gasteiger partial charge in [-0.3, -0.25) is 9.69 Å². The van der Waals surface area contributed by atoms with Crippen LogP contribution in [0.1, 0.15) is 18.4 Å². The molecule has 1 fully saturated rings. The molecule has 1 heterocycles. The number of hydrogen-bond donors (Lipinski definition) is 1. The van der Waals surface area contributed by atoms with Crippen LogP contribution in [-0.2, 0) is 21.4 Å². The number of carbonyl (C=O) groups is 1. The molecule has 0 unspecified atom stereocenters. The maximum absolute atomic E-state index is 13.0. The molecule has 0 aliphatic carbocycles. The normalized spacial score (nSPS) is 17.7. The Bertz CT molecular complexity index is 1030. The largest absolute Gasteiger partial charge is 0.573 e. The SMILES string of the molecule is O=C1CCN(S(=O)(=O)c2ccccc2)CCCN(Cc2cccc(OC(F)(F)F)c2)CCN1. The third-order valence-corrected chi connectivity index (χ3v) is 7.05. The number of carbonyl (C=O) groups excluding carboxylic acids is 1. The van der Waals surface area contributed by atoms with Crippen LogP contribution in [0.15, 0.2) is 59.5 Å². The predicted molar refractivity (Wildman–Crippen MR) is 116 cm³/mol. The standard InChI is InChI=1S/C22H26F3N3O4S/c23-22(24,25)32-19-7-4-6-18(16-19)17-27-12-5-13-28(14-10-21(29)26-11-15-27)33(30,31)20-8-2-1-3-9-20/h1-4,6-9,16H,5,10-15,17H2,(H,26,29). The van der Waals surface area contributed by atoms with Gasteiger partial charge in [0.15, 0.2) is 0 Å². The van der Waals surface area contributed by atoms with Gasteiger partial charge in [-0.1, -0.05) is 30.3 Å². The van der Waals surface area contributed by atoms with E-state index in [-0.39, 0.29) is 36.1 Å². The van der Waals surface area contributed by atoms with E-state index in [1.54, 1.807) is 24.3 Å². The number of alkyl halides is 3.